The van der Waals surface area contributed by atoms with Gasteiger partial charge in [0.15, 0.2) is 0 Å². The van der Waals surface area contributed by atoms with Crippen LogP contribution in [-0.2, 0) is 4.79 Å². The molecule has 0 saturated carbocycles. The van der Waals surface area contributed by atoms with Gasteiger partial charge in [0.05, 0.1) is 0 Å². The molecule has 0 heterocycles. The molecule has 1 N–H and O–H groups in total. The number of hydrogen-bond acceptors (Lipinski definition) is 2. The van der Waals surface area contributed by atoms with E-state index in [1.54, 1.807) is 0 Å². The first-order chi connectivity index (χ1) is 2.41. The van der Waals surface area contributed by atoms with Crippen LogP contribution in [0.3, 0.4) is 0 Å². The van der Waals surface area contributed by atoms with Gasteiger partial charge in [-0.05, 0) is 0 Å². The SMILES string of the molecule is N=[SiH]CC=O. The third-order valence-electron chi connectivity index (χ3n) is 0.214. The molecule has 0 rings (SSSR count). The molecule has 0 radical (unpaired) electrons. The van der Waals surface area contributed by atoms with E-state index in [2.05, 4.69) is 0 Å². The Morgan fingerprint density at radius 3 is 2.60 bits per heavy atom. The summed E-state index contributed by atoms with van der Waals surface area (Å²) in [6, 6.07) is 0.458. The molecule has 0 aromatic carbocycles. The van der Waals surface area contributed by atoms with Crippen LogP contribution < -0.4 is 0 Å². The molecule has 0 unspecified atom stereocenters. The van der Waals surface area contributed by atoms with Crippen LogP contribution in [0, 0.1) is 5.05 Å². The molecule has 0 aliphatic rings. The van der Waals surface area contributed by atoms with Crippen LogP contribution in [0.2, 0.25) is 6.04 Å². The number of carbonyl (C=O) groups excluding carboxylic acids is 1. The molecule has 0 aliphatic heterocycles. The van der Waals surface area contributed by atoms with Crippen LogP contribution >= 0.6 is 0 Å². The van der Waals surface area contributed by atoms with Crippen molar-refractivity contribution in [1.82, 2.24) is 0 Å². The maximum absolute atomic E-state index is 9.31. The van der Waals surface area contributed by atoms with Crippen molar-refractivity contribution in [2.45, 2.75) is 6.04 Å². The van der Waals surface area contributed by atoms with E-state index < -0.39 is 0 Å². The standard InChI is InChI=1S/C2H5NOSi/c3-5-2-1-4/h1,3,5H,2H2. The predicted octanol–water partition coefficient (Wildman–Crippen LogP) is -0.198. The van der Waals surface area contributed by atoms with Crippen LogP contribution in [0.1, 0.15) is 0 Å². The van der Waals surface area contributed by atoms with Gasteiger partial charge in [-0.1, -0.05) is 0 Å². The molecular weight excluding hydrogens is 82.1 g/mol. The summed E-state index contributed by atoms with van der Waals surface area (Å²) in [6.07, 6.45) is 0.780. The zero-order valence-corrected chi connectivity index (χ0v) is 3.92. The molecule has 3 heteroatoms. The molecule has 0 aromatic rings. The van der Waals surface area contributed by atoms with Gasteiger partial charge in [-0.2, -0.15) is 0 Å². The summed E-state index contributed by atoms with van der Waals surface area (Å²) >= 11 is 0. The minimum absolute atomic E-state index is 0.332. The first-order valence-electron chi connectivity index (χ1n) is 1.34. The van der Waals surface area contributed by atoms with E-state index in [4.69, 9.17) is 5.05 Å². The van der Waals surface area contributed by atoms with Crippen molar-refractivity contribution in [3.63, 3.8) is 0 Å². The van der Waals surface area contributed by atoms with Crippen LogP contribution in [0.4, 0.5) is 0 Å². The molecule has 0 atom stereocenters. The average molecular weight is 87.2 g/mol. The monoisotopic (exact) mass is 87.0 g/mol. The highest BCUT2D eigenvalue weighted by atomic mass is 28.2. The largest absolute Gasteiger partial charge is 0.355 e. The number of aldehydes is 1. The Hall–Kier alpha value is -0.313. The predicted molar refractivity (Wildman–Crippen MR) is 20.7 cm³/mol. The molecule has 0 fully saturated rings. The van der Waals surface area contributed by atoms with Crippen molar-refractivity contribution in [3.05, 3.63) is 0 Å². The van der Waals surface area contributed by atoms with E-state index in [1.807, 2.05) is 0 Å². The molecule has 28 valence electrons. The molecule has 0 aromatic heterocycles. The van der Waals surface area contributed by atoms with Crippen molar-refractivity contribution in [2.75, 3.05) is 0 Å². The molecule has 0 aliphatic carbocycles. The summed E-state index contributed by atoms with van der Waals surface area (Å²) in [7, 11) is -0.332. The van der Waals surface area contributed by atoms with E-state index in [-0.39, 0.29) is 9.31 Å². The first-order valence-corrected chi connectivity index (χ1v) is 2.73. The third kappa shape index (κ3) is 3.69. The second kappa shape index (κ2) is 3.69. The summed E-state index contributed by atoms with van der Waals surface area (Å²) in [4.78, 5) is 9.31. The fraction of sp³-hybridized carbons (Fsp3) is 0.500. The normalized spacial score (nSPS) is 6.40. The Bertz CT molecular complexity index is 38.9. The molecular formula is C2H5NOSi. The summed E-state index contributed by atoms with van der Waals surface area (Å²) in [5.74, 6) is 0. The van der Waals surface area contributed by atoms with Gasteiger partial charge in [0, 0.05) is 6.04 Å². The number of carbonyl (C=O) groups is 1. The first kappa shape index (κ1) is 4.69. The maximum atomic E-state index is 9.31. The van der Waals surface area contributed by atoms with Gasteiger partial charge in [-0.3, -0.25) is 0 Å². The Kier molecular flexibility index (Phi) is 3.46. The number of hydrogen-bond donors (Lipinski definition) is 1. The van der Waals surface area contributed by atoms with Crippen molar-refractivity contribution in [3.8, 4) is 0 Å². The van der Waals surface area contributed by atoms with Gasteiger partial charge in [0.25, 0.3) is 0 Å². The highest BCUT2D eigenvalue weighted by molar-refractivity contribution is 6.24. The van der Waals surface area contributed by atoms with Gasteiger partial charge in [0.1, 0.15) is 15.6 Å². The second-order valence-electron chi connectivity index (χ2n) is 0.606. The Balaban J connectivity index is 2.65. The van der Waals surface area contributed by atoms with E-state index in [9.17, 15) is 4.79 Å². The Labute approximate surface area is 32.5 Å². The molecule has 0 amide bonds. The molecule has 0 saturated heterocycles. The Morgan fingerprint density at radius 2 is 2.60 bits per heavy atom. The van der Waals surface area contributed by atoms with Gasteiger partial charge in [-0.25, -0.2) is 0 Å². The highest BCUT2D eigenvalue weighted by Gasteiger charge is 1.62. The average Bonchev–Trinajstić information content (AvgIpc) is 1.41. The van der Waals surface area contributed by atoms with Crippen molar-refractivity contribution in [1.29, 1.82) is 5.05 Å². The van der Waals surface area contributed by atoms with E-state index in [0.717, 1.165) is 6.29 Å². The fourth-order valence-corrected chi connectivity index (χ4v) is 0.144. The maximum Gasteiger partial charge on any atom is 0.121 e. The van der Waals surface area contributed by atoms with Crippen molar-refractivity contribution in [2.24, 2.45) is 0 Å². The van der Waals surface area contributed by atoms with E-state index in [0.29, 0.717) is 6.04 Å². The topological polar surface area (TPSA) is 40.9 Å². The van der Waals surface area contributed by atoms with Crippen LogP contribution in [0.25, 0.3) is 0 Å². The minimum Gasteiger partial charge on any atom is -0.355 e. The highest BCUT2D eigenvalue weighted by Crippen LogP contribution is 1.52. The minimum atomic E-state index is -0.332. The summed E-state index contributed by atoms with van der Waals surface area (Å²) < 4.78 is 0. The lowest BCUT2D eigenvalue weighted by Crippen LogP contribution is -1.69. The Morgan fingerprint density at radius 1 is 2.00 bits per heavy atom. The zero-order chi connectivity index (χ0) is 4.12. The summed E-state index contributed by atoms with van der Waals surface area (Å²) in [5.41, 5.74) is 0. The van der Waals surface area contributed by atoms with Gasteiger partial charge in [0.2, 0.25) is 0 Å². The zero-order valence-electron chi connectivity index (χ0n) is 2.77. The lowest BCUT2D eigenvalue weighted by Gasteiger charge is -1.56. The lowest BCUT2D eigenvalue weighted by molar-refractivity contribution is -0.106. The fourth-order valence-electron chi connectivity index (χ4n) is 0.0481. The molecule has 2 nitrogen and oxygen atoms in total. The third-order valence-corrected chi connectivity index (χ3v) is 0.642. The van der Waals surface area contributed by atoms with Gasteiger partial charge in [-0.15, -0.1) is 0 Å². The lowest BCUT2D eigenvalue weighted by atomic mass is 10.9. The van der Waals surface area contributed by atoms with Gasteiger partial charge >= 0.3 is 0 Å². The van der Waals surface area contributed by atoms with Crippen LogP contribution in [-0.4, -0.2) is 15.6 Å². The smallest absolute Gasteiger partial charge is 0.121 e. The van der Waals surface area contributed by atoms with Crippen molar-refractivity contribution >= 4 is 15.6 Å². The summed E-state index contributed by atoms with van der Waals surface area (Å²) in [5, 5.41) is 6.45. The number of nitrogens with one attached hydrogen (secondary N) is 1. The van der Waals surface area contributed by atoms with E-state index in [1.165, 1.54) is 0 Å². The quantitative estimate of drug-likeness (QED) is 0.368. The molecule has 0 spiro atoms. The van der Waals surface area contributed by atoms with Crippen LogP contribution in [0.5, 0.6) is 0 Å². The van der Waals surface area contributed by atoms with Gasteiger partial charge < -0.3 is 9.85 Å². The molecule has 5 heavy (non-hydrogen) atoms. The second-order valence-corrected chi connectivity index (χ2v) is 1.49. The summed E-state index contributed by atoms with van der Waals surface area (Å²) in [6.45, 7) is 0. The van der Waals surface area contributed by atoms with Crippen molar-refractivity contribution < 1.29 is 4.79 Å². The van der Waals surface area contributed by atoms with Crippen LogP contribution in [0.15, 0.2) is 0 Å². The van der Waals surface area contributed by atoms with E-state index >= 15 is 0 Å². The number of rotatable bonds is 2. The molecule has 0 bridgehead atoms.